The molecule has 0 bridgehead atoms. The Hall–Kier alpha value is -1.03. The molecule has 5 heteroatoms. The van der Waals surface area contributed by atoms with Gasteiger partial charge in [-0.2, -0.15) is 0 Å². The third kappa shape index (κ3) is 3.55. The molecule has 15 heavy (non-hydrogen) atoms. The molecule has 1 rings (SSSR count). The summed E-state index contributed by atoms with van der Waals surface area (Å²) in [7, 11) is 0. The van der Waals surface area contributed by atoms with E-state index in [0.717, 1.165) is 6.07 Å². The first-order valence-electron chi connectivity index (χ1n) is 4.19. The minimum absolute atomic E-state index is 0. The molecule has 0 spiro atoms. The smallest absolute Gasteiger partial charge is 0.161 e. The highest BCUT2D eigenvalue weighted by Gasteiger charge is 2.11. The van der Waals surface area contributed by atoms with E-state index in [1.807, 2.05) is 0 Å². The highest BCUT2D eigenvalue weighted by atomic mass is 35.5. The van der Waals surface area contributed by atoms with Crippen LogP contribution in [-0.2, 0) is 11.2 Å². The van der Waals surface area contributed by atoms with Crippen LogP contribution in [-0.4, -0.2) is 5.78 Å². The van der Waals surface area contributed by atoms with Crippen molar-refractivity contribution in [3.63, 3.8) is 0 Å². The number of carbonyl (C=O) groups excluding carboxylic acids is 1. The second-order valence-electron chi connectivity index (χ2n) is 2.93. The van der Waals surface area contributed by atoms with Crippen molar-refractivity contribution in [3.05, 3.63) is 35.1 Å². The highest BCUT2D eigenvalue weighted by Crippen LogP contribution is 2.14. The van der Waals surface area contributed by atoms with Crippen molar-refractivity contribution in [2.75, 3.05) is 0 Å². The summed E-state index contributed by atoms with van der Waals surface area (Å²) in [6.07, 6.45) is 0.0535. The molecule has 0 aliphatic carbocycles. The Morgan fingerprint density at radius 3 is 2.20 bits per heavy atom. The van der Waals surface area contributed by atoms with Crippen molar-refractivity contribution in [1.82, 2.24) is 0 Å². The lowest BCUT2D eigenvalue weighted by molar-refractivity contribution is -0.118. The Balaban J connectivity index is 0.00000196. The van der Waals surface area contributed by atoms with Crippen LogP contribution in [0.5, 0.6) is 0 Å². The molecule has 0 heterocycles. The topological polar surface area (TPSA) is 17.1 Å². The number of hydrogen-bond donors (Lipinski definition) is 0. The molecule has 0 saturated heterocycles. The van der Waals surface area contributed by atoms with Gasteiger partial charge in [-0.3, -0.25) is 4.79 Å². The minimum Gasteiger partial charge on any atom is -0.299 e. The van der Waals surface area contributed by atoms with Crippen molar-refractivity contribution < 1.29 is 18.0 Å². The summed E-state index contributed by atoms with van der Waals surface area (Å²) in [4.78, 5) is 10.9. The van der Waals surface area contributed by atoms with Gasteiger partial charge < -0.3 is 0 Å². The fraction of sp³-hybridized carbons (Fsp3) is 0.300. The largest absolute Gasteiger partial charge is 0.299 e. The van der Waals surface area contributed by atoms with Crippen LogP contribution in [0.2, 0.25) is 0 Å². The minimum atomic E-state index is -1.24. The van der Waals surface area contributed by atoms with Crippen LogP contribution in [0.4, 0.5) is 13.2 Å². The first-order chi connectivity index (χ1) is 6.54. The molecule has 0 amide bonds. The van der Waals surface area contributed by atoms with Gasteiger partial charge >= 0.3 is 0 Å². The summed E-state index contributed by atoms with van der Waals surface area (Å²) >= 11 is 0. The molecule has 1 aromatic carbocycles. The van der Waals surface area contributed by atoms with Gasteiger partial charge in [-0.25, -0.2) is 13.2 Å². The molecule has 1 aromatic rings. The van der Waals surface area contributed by atoms with Crippen molar-refractivity contribution in [2.24, 2.45) is 0 Å². The van der Waals surface area contributed by atoms with Crippen molar-refractivity contribution in [3.8, 4) is 0 Å². The van der Waals surface area contributed by atoms with Gasteiger partial charge in [0.2, 0.25) is 0 Å². The molecule has 1 nitrogen and oxygen atoms in total. The Bertz CT molecular complexity index is 366. The summed E-state index contributed by atoms with van der Waals surface area (Å²) < 4.78 is 38.1. The van der Waals surface area contributed by atoms with Crippen LogP contribution in [0, 0.1) is 17.5 Å². The Labute approximate surface area is 91.7 Å². The van der Waals surface area contributed by atoms with E-state index in [9.17, 15) is 18.0 Å². The van der Waals surface area contributed by atoms with E-state index in [0.29, 0.717) is 6.07 Å². The third-order valence-electron chi connectivity index (χ3n) is 1.87. The summed E-state index contributed by atoms with van der Waals surface area (Å²) in [6, 6.07) is 1.17. The molecule has 0 atom stereocenters. The second kappa shape index (κ2) is 5.75. The Morgan fingerprint density at radius 1 is 1.13 bits per heavy atom. The van der Waals surface area contributed by atoms with Crippen LogP contribution >= 0.6 is 12.4 Å². The molecule has 0 radical (unpaired) electrons. The second-order valence-corrected chi connectivity index (χ2v) is 2.93. The molecule has 0 aliphatic rings. The average Bonchev–Trinajstić information content (AvgIpc) is 2.14. The zero-order valence-electron chi connectivity index (χ0n) is 8.02. The van der Waals surface area contributed by atoms with Crippen LogP contribution in [0.3, 0.4) is 0 Å². The normalized spacial score (nSPS) is 9.60. The van der Waals surface area contributed by atoms with E-state index in [2.05, 4.69) is 0 Å². The summed E-state index contributed by atoms with van der Waals surface area (Å²) in [5.74, 6) is -3.47. The van der Waals surface area contributed by atoms with E-state index in [1.54, 1.807) is 6.92 Å². The fourth-order valence-electron chi connectivity index (χ4n) is 1.04. The number of carbonyl (C=O) groups is 1. The lowest BCUT2D eigenvalue weighted by atomic mass is 10.1. The zero-order chi connectivity index (χ0) is 10.7. The van der Waals surface area contributed by atoms with Crippen LogP contribution in [0.1, 0.15) is 18.9 Å². The Morgan fingerprint density at radius 2 is 1.67 bits per heavy atom. The maximum atomic E-state index is 13.0. The van der Waals surface area contributed by atoms with E-state index < -0.39 is 17.5 Å². The van der Waals surface area contributed by atoms with Gasteiger partial charge in [-0.1, -0.05) is 6.92 Å². The summed E-state index contributed by atoms with van der Waals surface area (Å²) in [5, 5.41) is 0. The van der Waals surface area contributed by atoms with E-state index >= 15 is 0 Å². The van der Waals surface area contributed by atoms with Crippen LogP contribution < -0.4 is 0 Å². The molecule has 0 unspecified atom stereocenters. The maximum absolute atomic E-state index is 13.0. The number of benzene rings is 1. The number of ketones is 1. The molecule has 0 N–H and O–H groups in total. The van der Waals surface area contributed by atoms with Crippen LogP contribution in [0.25, 0.3) is 0 Å². The predicted molar refractivity (Wildman–Crippen MR) is 52.6 cm³/mol. The first-order valence-corrected chi connectivity index (χ1v) is 4.19. The van der Waals surface area contributed by atoms with Gasteiger partial charge in [-0.05, 0) is 11.6 Å². The number of Topliss-reactive ketones (excluding diaryl/α,β-unsaturated/α-hetero) is 1. The summed E-state index contributed by atoms with van der Waals surface area (Å²) in [6.45, 7) is 1.63. The Kier molecular flexibility index (Phi) is 5.36. The molecule has 0 aromatic heterocycles. The standard InChI is InChI=1S/C10H9F3O.ClH/c1-2-7(14)3-6-4-9(12)10(13)5-8(6)11;/h4-5H,2-3H2,1H3;1H. The van der Waals surface area contributed by atoms with Crippen LogP contribution in [0.15, 0.2) is 12.1 Å². The van der Waals surface area contributed by atoms with E-state index in [1.165, 1.54) is 0 Å². The molecular formula is C10H10ClF3O. The average molecular weight is 239 g/mol. The lowest BCUT2D eigenvalue weighted by Gasteiger charge is -2.02. The monoisotopic (exact) mass is 238 g/mol. The van der Waals surface area contributed by atoms with E-state index in [-0.39, 0.29) is 36.6 Å². The highest BCUT2D eigenvalue weighted by molar-refractivity contribution is 5.85. The summed E-state index contributed by atoms with van der Waals surface area (Å²) in [5.41, 5.74) is -0.101. The number of hydrogen-bond acceptors (Lipinski definition) is 1. The first kappa shape index (κ1) is 14.0. The zero-order valence-corrected chi connectivity index (χ0v) is 8.84. The molecule has 84 valence electrons. The van der Waals surface area contributed by atoms with Gasteiger partial charge in [-0.15, -0.1) is 12.4 Å². The molecule has 0 saturated carbocycles. The molecule has 0 aliphatic heterocycles. The van der Waals surface area contributed by atoms with E-state index in [4.69, 9.17) is 0 Å². The third-order valence-corrected chi connectivity index (χ3v) is 1.87. The fourth-order valence-corrected chi connectivity index (χ4v) is 1.04. The quantitative estimate of drug-likeness (QED) is 0.740. The lowest BCUT2D eigenvalue weighted by Crippen LogP contribution is -2.04. The van der Waals surface area contributed by atoms with Gasteiger partial charge in [0.15, 0.2) is 11.6 Å². The van der Waals surface area contributed by atoms with Gasteiger partial charge in [0, 0.05) is 18.9 Å². The van der Waals surface area contributed by atoms with Gasteiger partial charge in [0.05, 0.1) is 0 Å². The SMILES string of the molecule is CCC(=O)Cc1cc(F)c(F)cc1F.Cl. The molecule has 0 fully saturated rings. The predicted octanol–water partition coefficient (Wildman–Crippen LogP) is 3.05. The van der Waals surface area contributed by atoms with Crippen molar-refractivity contribution in [2.45, 2.75) is 19.8 Å². The van der Waals surface area contributed by atoms with Crippen molar-refractivity contribution in [1.29, 1.82) is 0 Å². The number of halogens is 4. The van der Waals surface area contributed by atoms with Gasteiger partial charge in [0.1, 0.15) is 11.6 Å². The molecular weight excluding hydrogens is 229 g/mol. The number of rotatable bonds is 3. The maximum Gasteiger partial charge on any atom is 0.161 e. The van der Waals surface area contributed by atoms with Crippen molar-refractivity contribution >= 4 is 18.2 Å². The van der Waals surface area contributed by atoms with Gasteiger partial charge in [0.25, 0.3) is 0 Å².